The fourth-order valence-electron chi connectivity index (χ4n) is 3.13. The van der Waals surface area contributed by atoms with Gasteiger partial charge in [-0.25, -0.2) is 0 Å². The van der Waals surface area contributed by atoms with Crippen LogP contribution in [0.15, 0.2) is 42.5 Å². The number of Topliss-reactive ketones (excluding diaryl/α,β-unsaturated/α-hetero) is 1. The van der Waals surface area contributed by atoms with Crippen LogP contribution in [0.2, 0.25) is 0 Å². The Kier molecular flexibility index (Phi) is 7.88. The Morgan fingerprint density at radius 2 is 1.83 bits per heavy atom. The van der Waals surface area contributed by atoms with Crippen molar-refractivity contribution >= 4 is 17.4 Å². The lowest BCUT2D eigenvalue weighted by atomic mass is 10.0. The molecule has 0 spiro atoms. The number of unbranched alkanes of at least 4 members (excludes halogenated alkanes) is 1. The van der Waals surface area contributed by atoms with E-state index in [9.17, 15) is 19.7 Å². The first kappa shape index (κ1) is 22.1. The molecule has 0 bridgehead atoms. The van der Waals surface area contributed by atoms with Crippen LogP contribution in [0.1, 0.15) is 47.7 Å². The molecule has 2 aromatic carbocycles. The molecule has 0 aliphatic rings. The van der Waals surface area contributed by atoms with Crippen molar-refractivity contribution in [3.05, 3.63) is 69.3 Å². The lowest BCUT2D eigenvalue weighted by Gasteiger charge is -2.17. The van der Waals surface area contributed by atoms with Crippen molar-refractivity contribution in [2.45, 2.75) is 39.7 Å². The van der Waals surface area contributed by atoms with Gasteiger partial charge in [0.05, 0.1) is 23.2 Å². The molecule has 1 amide bonds. The van der Waals surface area contributed by atoms with Gasteiger partial charge in [-0.1, -0.05) is 30.3 Å². The number of benzene rings is 2. The number of hydrogen-bond donors (Lipinski definition) is 0. The van der Waals surface area contributed by atoms with Crippen LogP contribution >= 0.6 is 0 Å². The highest BCUT2D eigenvalue weighted by Crippen LogP contribution is 2.29. The van der Waals surface area contributed by atoms with E-state index >= 15 is 0 Å². The fraction of sp³-hybridized carbons (Fsp3) is 0.364. The van der Waals surface area contributed by atoms with E-state index in [1.807, 2.05) is 30.3 Å². The van der Waals surface area contributed by atoms with Crippen LogP contribution in [0.3, 0.4) is 0 Å². The summed E-state index contributed by atoms with van der Waals surface area (Å²) in [4.78, 5) is 36.2. The number of carbonyl (C=O) groups excluding carboxylic acids is 2. The molecule has 7 heteroatoms. The summed E-state index contributed by atoms with van der Waals surface area (Å²) < 4.78 is 5.61. The number of ether oxygens (including phenoxy) is 1. The molecule has 0 N–H and O–H groups in total. The van der Waals surface area contributed by atoms with Gasteiger partial charge in [0.15, 0.2) is 5.78 Å². The summed E-state index contributed by atoms with van der Waals surface area (Å²) in [6.45, 7) is 3.87. The summed E-state index contributed by atoms with van der Waals surface area (Å²) in [5, 5.41) is 11.2. The van der Waals surface area contributed by atoms with Crippen molar-refractivity contribution in [1.82, 2.24) is 4.90 Å². The first-order valence-corrected chi connectivity index (χ1v) is 9.50. The van der Waals surface area contributed by atoms with Crippen LogP contribution in [0.5, 0.6) is 5.75 Å². The number of ketones is 1. The second kappa shape index (κ2) is 10.4. The van der Waals surface area contributed by atoms with Gasteiger partial charge in [0.1, 0.15) is 5.75 Å². The lowest BCUT2D eigenvalue weighted by molar-refractivity contribution is -0.385. The highest BCUT2D eigenvalue weighted by molar-refractivity contribution is 5.99. The molecule has 0 radical (unpaired) electrons. The predicted octanol–water partition coefficient (Wildman–Crippen LogP) is 4.31. The standard InChI is InChI=1S/C22H26N2O5/c1-16-13-19(14-20(24(27)28)22(16)17(2)25)29-12-8-7-11-21(26)23(3)15-18-9-5-4-6-10-18/h4-6,9-10,13-14H,7-8,11-12,15H2,1-3H3. The van der Waals surface area contributed by atoms with Crippen LogP contribution in [0, 0.1) is 17.0 Å². The van der Waals surface area contributed by atoms with E-state index in [1.165, 1.54) is 13.0 Å². The van der Waals surface area contributed by atoms with Crippen molar-refractivity contribution < 1.29 is 19.2 Å². The molecular formula is C22H26N2O5. The first-order chi connectivity index (χ1) is 13.8. The molecule has 0 aliphatic carbocycles. The van der Waals surface area contributed by atoms with Crippen LogP contribution in [-0.2, 0) is 11.3 Å². The maximum atomic E-state index is 12.2. The minimum absolute atomic E-state index is 0.0612. The molecular weight excluding hydrogens is 372 g/mol. The number of rotatable bonds is 10. The normalized spacial score (nSPS) is 10.4. The van der Waals surface area contributed by atoms with Gasteiger partial charge in [-0.2, -0.15) is 0 Å². The topological polar surface area (TPSA) is 89.8 Å². The highest BCUT2D eigenvalue weighted by atomic mass is 16.6. The Morgan fingerprint density at radius 1 is 1.14 bits per heavy atom. The van der Waals surface area contributed by atoms with Gasteiger partial charge in [-0.3, -0.25) is 19.7 Å². The van der Waals surface area contributed by atoms with Crippen molar-refractivity contribution in [2.75, 3.05) is 13.7 Å². The molecule has 0 heterocycles. The summed E-state index contributed by atoms with van der Waals surface area (Å²) in [6.07, 6.45) is 1.71. The molecule has 7 nitrogen and oxygen atoms in total. The molecule has 0 fully saturated rings. The molecule has 0 saturated carbocycles. The SMILES string of the molecule is CC(=O)c1c(C)cc(OCCCCC(=O)N(C)Cc2ccccc2)cc1[N+](=O)[O-]. The van der Waals surface area contributed by atoms with Crippen molar-refractivity contribution in [3.8, 4) is 5.75 Å². The third-order valence-corrected chi connectivity index (χ3v) is 4.58. The number of hydrogen-bond acceptors (Lipinski definition) is 5. The zero-order chi connectivity index (χ0) is 21.4. The Bertz CT molecular complexity index is 880. The molecule has 2 aromatic rings. The van der Waals surface area contributed by atoms with E-state index in [0.29, 0.717) is 43.7 Å². The summed E-state index contributed by atoms with van der Waals surface area (Å²) in [7, 11) is 1.78. The minimum atomic E-state index is -0.572. The number of nitro groups is 1. The molecule has 29 heavy (non-hydrogen) atoms. The van der Waals surface area contributed by atoms with Gasteiger partial charge in [0.2, 0.25) is 5.91 Å². The van der Waals surface area contributed by atoms with Crippen LogP contribution < -0.4 is 4.74 Å². The third kappa shape index (κ3) is 6.41. The summed E-state index contributed by atoms with van der Waals surface area (Å²) in [5.41, 5.74) is 1.46. The van der Waals surface area contributed by atoms with E-state index in [-0.39, 0.29) is 22.9 Å². The molecule has 0 aromatic heterocycles. The molecule has 2 rings (SSSR count). The molecule has 0 saturated heterocycles. The third-order valence-electron chi connectivity index (χ3n) is 4.58. The average Bonchev–Trinajstić information content (AvgIpc) is 2.67. The van der Waals surface area contributed by atoms with Gasteiger partial charge >= 0.3 is 0 Å². The lowest BCUT2D eigenvalue weighted by Crippen LogP contribution is -2.25. The fourth-order valence-corrected chi connectivity index (χ4v) is 3.13. The average molecular weight is 398 g/mol. The van der Waals surface area contributed by atoms with Crippen molar-refractivity contribution in [2.24, 2.45) is 0 Å². The van der Waals surface area contributed by atoms with Crippen LogP contribution in [0.4, 0.5) is 5.69 Å². The maximum Gasteiger partial charge on any atom is 0.284 e. The Morgan fingerprint density at radius 3 is 2.45 bits per heavy atom. The number of aryl methyl sites for hydroxylation is 1. The van der Waals surface area contributed by atoms with Gasteiger partial charge in [0.25, 0.3) is 5.69 Å². The second-order valence-corrected chi connectivity index (χ2v) is 6.99. The summed E-state index contributed by atoms with van der Waals surface area (Å²) in [6, 6.07) is 12.7. The predicted molar refractivity (Wildman–Crippen MR) is 110 cm³/mol. The van der Waals surface area contributed by atoms with Gasteiger partial charge in [-0.05, 0) is 43.9 Å². The quantitative estimate of drug-likeness (QED) is 0.257. The number of carbonyl (C=O) groups is 2. The zero-order valence-corrected chi connectivity index (χ0v) is 17.0. The van der Waals surface area contributed by atoms with Crippen LogP contribution in [0.25, 0.3) is 0 Å². The Balaban J connectivity index is 1.81. The van der Waals surface area contributed by atoms with E-state index in [2.05, 4.69) is 0 Å². The van der Waals surface area contributed by atoms with Crippen LogP contribution in [-0.4, -0.2) is 35.2 Å². The minimum Gasteiger partial charge on any atom is -0.493 e. The number of amides is 1. The van der Waals surface area contributed by atoms with E-state index in [0.717, 1.165) is 5.56 Å². The highest BCUT2D eigenvalue weighted by Gasteiger charge is 2.21. The van der Waals surface area contributed by atoms with Gasteiger partial charge < -0.3 is 9.64 Å². The first-order valence-electron chi connectivity index (χ1n) is 9.50. The monoisotopic (exact) mass is 398 g/mol. The maximum absolute atomic E-state index is 12.2. The molecule has 0 unspecified atom stereocenters. The number of nitro benzene ring substituents is 1. The summed E-state index contributed by atoms with van der Waals surface area (Å²) in [5.74, 6) is 0.0664. The molecule has 0 aliphatic heterocycles. The van der Waals surface area contributed by atoms with Crippen molar-refractivity contribution in [3.63, 3.8) is 0 Å². The number of nitrogens with zero attached hydrogens (tertiary/aromatic N) is 2. The largest absolute Gasteiger partial charge is 0.493 e. The molecule has 154 valence electrons. The summed E-state index contributed by atoms with van der Waals surface area (Å²) >= 11 is 0. The van der Waals surface area contributed by atoms with Gasteiger partial charge in [-0.15, -0.1) is 0 Å². The Labute approximate surface area is 170 Å². The smallest absolute Gasteiger partial charge is 0.284 e. The van der Waals surface area contributed by atoms with Gasteiger partial charge in [0, 0.05) is 20.0 Å². The second-order valence-electron chi connectivity index (χ2n) is 6.99. The Hall–Kier alpha value is -3.22. The van der Waals surface area contributed by atoms with E-state index in [4.69, 9.17) is 4.74 Å². The van der Waals surface area contributed by atoms with Crippen molar-refractivity contribution in [1.29, 1.82) is 0 Å². The van der Waals surface area contributed by atoms with E-state index < -0.39 is 4.92 Å². The zero-order valence-electron chi connectivity index (χ0n) is 17.0. The van der Waals surface area contributed by atoms with E-state index in [1.54, 1.807) is 24.9 Å². The molecule has 0 atom stereocenters.